The van der Waals surface area contributed by atoms with Gasteiger partial charge in [0.1, 0.15) is 5.75 Å². The van der Waals surface area contributed by atoms with E-state index in [9.17, 15) is 0 Å². The molecule has 0 heterocycles. The molecule has 1 aromatic carbocycles. The number of halogens is 1. The highest BCUT2D eigenvalue weighted by molar-refractivity contribution is 9.10. The summed E-state index contributed by atoms with van der Waals surface area (Å²) in [4.78, 5) is 0. The minimum absolute atomic E-state index is 0.297. The predicted octanol–water partition coefficient (Wildman–Crippen LogP) is 4.16. The molecule has 1 aliphatic rings. The van der Waals surface area contributed by atoms with Gasteiger partial charge in [0.15, 0.2) is 0 Å². The number of rotatable bonds is 4. The maximum Gasteiger partial charge on any atom is 0.133 e. The molecule has 0 spiro atoms. The van der Waals surface area contributed by atoms with Gasteiger partial charge in [-0.3, -0.25) is 0 Å². The van der Waals surface area contributed by atoms with Gasteiger partial charge in [0.25, 0.3) is 0 Å². The molecule has 0 amide bonds. The van der Waals surface area contributed by atoms with Gasteiger partial charge in [-0.05, 0) is 70.8 Å². The SMILES string of the molecule is COc1ccc(CC2(CN)CCCC(C)C2)cc1Br. The van der Waals surface area contributed by atoms with Crippen LogP contribution in [-0.4, -0.2) is 13.7 Å². The van der Waals surface area contributed by atoms with E-state index in [0.29, 0.717) is 5.41 Å². The fourth-order valence-electron chi connectivity index (χ4n) is 3.44. The van der Waals surface area contributed by atoms with Crippen LogP contribution < -0.4 is 10.5 Å². The smallest absolute Gasteiger partial charge is 0.133 e. The lowest BCUT2D eigenvalue weighted by atomic mass is 9.67. The number of hydrogen-bond acceptors (Lipinski definition) is 2. The van der Waals surface area contributed by atoms with Crippen LogP contribution in [0.3, 0.4) is 0 Å². The molecule has 2 unspecified atom stereocenters. The summed E-state index contributed by atoms with van der Waals surface area (Å²) in [5.41, 5.74) is 7.76. The highest BCUT2D eigenvalue weighted by Crippen LogP contribution is 2.41. The molecule has 3 heteroatoms. The van der Waals surface area contributed by atoms with Crippen LogP contribution in [0.5, 0.6) is 5.75 Å². The highest BCUT2D eigenvalue weighted by atomic mass is 79.9. The summed E-state index contributed by atoms with van der Waals surface area (Å²) < 4.78 is 6.32. The fourth-order valence-corrected chi connectivity index (χ4v) is 4.03. The zero-order valence-electron chi connectivity index (χ0n) is 11.9. The Morgan fingerprint density at radius 1 is 1.47 bits per heavy atom. The Bertz CT molecular complexity index is 435. The van der Waals surface area contributed by atoms with E-state index in [1.165, 1.54) is 31.2 Å². The van der Waals surface area contributed by atoms with E-state index in [1.54, 1.807) is 7.11 Å². The molecule has 0 aliphatic heterocycles. The van der Waals surface area contributed by atoms with Crippen molar-refractivity contribution in [2.75, 3.05) is 13.7 Å². The maximum atomic E-state index is 6.11. The molecule has 1 aromatic rings. The first-order chi connectivity index (χ1) is 9.08. The summed E-state index contributed by atoms with van der Waals surface area (Å²) in [6.07, 6.45) is 6.27. The molecule has 1 fully saturated rings. The van der Waals surface area contributed by atoms with E-state index in [1.807, 2.05) is 6.07 Å². The lowest BCUT2D eigenvalue weighted by Crippen LogP contribution is -2.37. The summed E-state index contributed by atoms with van der Waals surface area (Å²) >= 11 is 3.57. The third kappa shape index (κ3) is 3.51. The van der Waals surface area contributed by atoms with Crippen LogP contribution in [0, 0.1) is 11.3 Å². The minimum Gasteiger partial charge on any atom is -0.496 e. The van der Waals surface area contributed by atoms with Crippen molar-refractivity contribution in [3.63, 3.8) is 0 Å². The second kappa shape index (κ2) is 6.27. The highest BCUT2D eigenvalue weighted by Gasteiger charge is 2.33. The van der Waals surface area contributed by atoms with Crippen LogP contribution in [0.25, 0.3) is 0 Å². The van der Waals surface area contributed by atoms with Gasteiger partial charge in [-0.2, -0.15) is 0 Å². The third-order valence-electron chi connectivity index (χ3n) is 4.41. The average Bonchev–Trinajstić information content (AvgIpc) is 2.39. The zero-order valence-corrected chi connectivity index (χ0v) is 13.5. The summed E-state index contributed by atoms with van der Waals surface area (Å²) in [5.74, 6) is 1.70. The molecule has 2 N–H and O–H groups in total. The van der Waals surface area contributed by atoms with Gasteiger partial charge in [0, 0.05) is 0 Å². The van der Waals surface area contributed by atoms with E-state index < -0.39 is 0 Å². The van der Waals surface area contributed by atoms with Crippen molar-refractivity contribution in [3.8, 4) is 5.75 Å². The largest absolute Gasteiger partial charge is 0.496 e. The first-order valence-corrected chi connectivity index (χ1v) is 7.90. The van der Waals surface area contributed by atoms with Gasteiger partial charge >= 0.3 is 0 Å². The Balaban J connectivity index is 2.16. The van der Waals surface area contributed by atoms with E-state index in [4.69, 9.17) is 10.5 Å². The minimum atomic E-state index is 0.297. The monoisotopic (exact) mass is 325 g/mol. The molecule has 106 valence electrons. The van der Waals surface area contributed by atoms with Gasteiger partial charge in [-0.1, -0.05) is 25.8 Å². The first-order valence-electron chi connectivity index (χ1n) is 7.11. The fraction of sp³-hybridized carbons (Fsp3) is 0.625. The summed E-state index contributed by atoms with van der Waals surface area (Å²) in [6.45, 7) is 3.15. The molecule has 0 saturated heterocycles. The predicted molar refractivity (Wildman–Crippen MR) is 83.5 cm³/mol. The van der Waals surface area contributed by atoms with E-state index in [2.05, 4.69) is 35.0 Å². The van der Waals surface area contributed by atoms with Crippen LogP contribution in [0.4, 0.5) is 0 Å². The van der Waals surface area contributed by atoms with Crippen molar-refractivity contribution in [2.45, 2.75) is 39.0 Å². The molecule has 1 saturated carbocycles. The van der Waals surface area contributed by atoms with E-state index in [-0.39, 0.29) is 0 Å². The molecule has 0 radical (unpaired) electrons. The molecular weight excluding hydrogens is 302 g/mol. The van der Waals surface area contributed by atoms with Crippen molar-refractivity contribution in [3.05, 3.63) is 28.2 Å². The molecule has 2 rings (SSSR count). The number of ether oxygens (including phenoxy) is 1. The lowest BCUT2D eigenvalue weighted by Gasteiger charge is -2.39. The van der Waals surface area contributed by atoms with Crippen molar-refractivity contribution < 1.29 is 4.74 Å². The Hall–Kier alpha value is -0.540. The Labute approximate surface area is 124 Å². The van der Waals surface area contributed by atoms with Gasteiger partial charge in [-0.25, -0.2) is 0 Å². The van der Waals surface area contributed by atoms with Crippen LogP contribution >= 0.6 is 15.9 Å². The third-order valence-corrected chi connectivity index (χ3v) is 5.03. The quantitative estimate of drug-likeness (QED) is 0.902. The van der Waals surface area contributed by atoms with Gasteiger partial charge in [0.2, 0.25) is 0 Å². The standard InChI is InChI=1S/C16H24BrNO/c1-12-4-3-7-16(9-12,11-18)10-13-5-6-15(19-2)14(17)8-13/h5-6,8,12H,3-4,7,9-11,18H2,1-2H3. The normalized spacial score (nSPS) is 27.3. The van der Waals surface area contributed by atoms with E-state index in [0.717, 1.165) is 29.1 Å². The Kier molecular flexibility index (Phi) is 4.91. The molecule has 0 aromatic heterocycles. The second-order valence-electron chi connectivity index (χ2n) is 6.05. The van der Waals surface area contributed by atoms with E-state index >= 15 is 0 Å². The summed E-state index contributed by atoms with van der Waals surface area (Å²) in [6, 6.07) is 6.38. The summed E-state index contributed by atoms with van der Waals surface area (Å²) in [5, 5.41) is 0. The van der Waals surface area contributed by atoms with Gasteiger partial charge in [-0.15, -0.1) is 0 Å². The van der Waals surface area contributed by atoms with Gasteiger partial charge in [0.05, 0.1) is 11.6 Å². The van der Waals surface area contributed by atoms with Crippen molar-refractivity contribution in [1.29, 1.82) is 0 Å². The Morgan fingerprint density at radius 3 is 2.84 bits per heavy atom. The Morgan fingerprint density at radius 2 is 2.26 bits per heavy atom. The number of methoxy groups -OCH3 is 1. The van der Waals surface area contributed by atoms with Crippen molar-refractivity contribution >= 4 is 15.9 Å². The van der Waals surface area contributed by atoms with Crippen molar-refractivity contribution in [2.24, 2.45) is 17.1 Å². The molecule has 2 nitrogen and oxygen atoms in total. The van der Waals surface area contributed by atoms with Crippen LogP contribution in [-0.2, 0) is 6.42 Å². The zero-order chi connectivity index (χ0) is 13.9. The molecule has 19 heavy (non-hydrogen) atoms. The molecule has 0 bridgehead atoms. The average molecular weight is 326 g/mol. The topological polar surface area (TPSA) is 35.2 Å². The van der Waals surface area contributed by atoms with Crippen LogP contribution in [0.1, 0.15) is 38.2 Å². The van der Waals surface area contributed by atoms with Gasteiger partial charge < -0.3 is 10.5 Å². The van der Waals surface area contributed by atoms with Crippen molar-refractivity contribution in [1.82, 2.24) is 0 Å². The first kappa shape index (κ1) is 14.9. The number of benzene rings is 1. The molecule has 1 aliphatic carbocycles. The van der Waals surface area contributed by atoms with Crippen LogP contribution in [0.2, 0.25) is 0 Å². The molecular formula is C16H24BrNO. The lowest BCUT2D eigenvalue weighted by molar-refractivity contribution is 0.154. The van der Waals surface area contributed by atoms with Crippen LogP contribution in [0.15, 0.2) is 22.7 Å². The number of nitrogens with two attached hydrogens (primary N) is 1. The second-order valence-corrected chi connectivity index (χ2v) is 6.91. The number of hydrogen-bond donors (Lipinski definition) is 1. The summed E-state index contributed by atoms with van der Waals surface area (Å²) in [7, 11) is 1.70. The molecule has 2 atom stereocenters. The maximum absolute atomic E-state index is 6.11.